The second-order valence-corrected chi connectivity index (χ2v) is 11.2. The molecule has 0 radical (unpaired) electrons. The Morgan fingerprint density at radius 3 is 2.59 bits per heavy atom. The Morgan fingerprint density at radius 1 is 1.23 bits per heavy atom. The average molecular weight is 578 g/mol. The van der Waals surface area contributed by atoms with Crippen LogP contribution < -0.4 is 16.3 Å². The number of aromatic nitrogens is 2. The normalized spacial score (nSPS) is 19.0. The number of halogens is 4. The van der Waals surface area contributed by atoms with Gasteiger partial charge in [-0.25, -0.2) is 18.0 Å². The number of hydrogen-bond acceptors (Lipinski definition) is 6. The third-order valence-corrected chi connectivity index (χ3v) is 8.80. The van der Waals surface area contributed by atoms with Crippen LogP contribution >= 0.6 is 23.4 Å². The largest absolute Gasteiger partial charge is 0.350 e. The third-order valence-electron chi connectivity index (χ3n) is 7.27. The van der Waals surface area contributed by atoms with Crippen LogP contribution in [0.5, 0.6) is 0 Å². The Hall–Kier alpha value is -3.02. The number of benzene rings is 2. The maximum atomic E-state index is 15.0. The van der Waals surface area contributed by atoms with Gasteiger partial charge in [0.2, 0.25) is 5.91 Å². The number of hydrogen-bond donors (Lipinski definition) is 1. The third kappa shape index (κ3) is 4.81. The van der Waals surface area contributed by atoms with E-state index in [9.17, 15) is 22.8 Å². The molecule has 7 nitrogen and oxygen atoms in total. The van der Waals surface area contributed by atoms with Crippen molar-refractivity contribution in [1.29, 1.82) is 0 Å². The summed E-state index contributed by atoms with van der Waals surface area (Å²) in [6.45, 7) is 7.13. The zero-order chi connectivity index (χ0) is 28.0. The van der Waals surface area contributed by atoms with E-state index in [-0.39, 0.29) is 28.6 Å². The van der Waals surface area contributed by atoms with E-state index in [2.05, 4.69) is 11.6 Å². The molecule has 1 fully saturated rings. The number of anilines is 1. The monoisotopic (exact) mass is 577 g/mol. The summed E-state index contributed by atoms with van der Waals surface area (Å²) in [6.07, 6.45) is 2.56. The topological polar surface area (TPSA) is 84.5 Å². The van der Waals surface area contributed by atoms with E-state index in [4.69, 9.17) is 17.3 Å². The summed E-state index contributed by atoms with van der Waals surface area (Å²) in [5.41, 5.74) is 5.34. The fraction of sp³-hybridized carbons (Fsp3) is 0.370. The molecule has 12 heteroatoms. The van der Waals surface area contributed by atoms with Crippen molar-refractivity contribution in [1.82, 2.24) is 14.5 Å². The van der Waals surface area contributed by atoms with Gasteiger partial charge < -0.3 is 15.5 Å². The van der Waals surface area contributed by atoms with Gasteiger partial charge in [0.25, 0.3) is 0 Å². The molecule has 39 heavy (non-hydrogen) atoms. The summed E-state index contributed by atoms with van der Waals surface area (Å²) in [5.74, 6) is -2.56. The minimum Gasteiger partial charge on any atom is -0.350 e. The lowest BCUT2D eigenvalue weighted by Crippen LogP contribution is -2.54. The lowest BCUT2D eigenvalue weighted by Gasteiger charge is -2.41. The Balaban J connectivity index is 1.76. The van der Waals surface area contributed by atoms with E-state index in [0.717, 1.165) is 0 Å². The van der Waals surface area contributed by atoms with Crippen molar-refractivity contribution >= 4 is 46.0 Å². The van der Waals surface area contributed by atoms with Crippen molar-refractivity contribution < 1.29 is 18.0 Å². The number of nitrogens with zero attached hydrogens (tertiary/aromatic N) is 4. The average Bonchev–Trinajstić information content (AvgIpc) is 2.89. The number of amides is 1. The van der Waals surface area contributed by atoms with Crippen molar-refractivity contribution in [3.05, 3.63) is 63.8 Å². The van der Waals surface area contributed by atoms with Crippen LogP contribution in [0, 0.1) is 17.5 Å². The van der Waals surface area contributed by atoms with Crippen molar-refractivity contribution in [3.63, 3.8) is 0 Å². The molecule has 0 aliphatic carbocycles. The van der Waals surface area contributed by atoms with Crippen molar-refractivity contribution in [2.45, 2.75) is 36.7 Å². The first-order valence-corrected chi connectivity index (χ1v) is 14.0. The zero-order valence-electron chi connectivity index (χ0n) is 21.2. The summed E-state index contributed by atoms with van der Waals surface area (Å²) in [7, 11) is 0. The quantitative estimate of drug-likeness (QED) is 0.426. The SMILES string of the molecule is C=CC(=O)N1CCN(c2nc(=O)n3c4c(c(-c5c(F)cc(F)cc5F)c(Cl)cc24)SC[C@@H]3CCCN)[C@@H](C)C1. The van der Waals surface area contributed by atoms with Crippen molar-refractivity contribution in [3.8, 4) is 11.1 Å². The minimum absolute atomic E-state index is 0.0520. The van der Waals surface area contributed by atoms with Gasteiger partial charge in [0.05, 0.1) is 16.1 Å². The number of nitrogens with two attached hydrogens (primary N) is 1. The van der Waals surface area contributed by atoms with E-state index < -0.39 is 28.7 Å². The van der Waals surface area contributed by atoms with Crippen LogP contribution in [0.25, 0.3) is 22.0 Å². The fourth-order valence-electron chi connectivity index (χ4n) is 5.46. The first-order valence-electron chi connectivity index (χ1n) is 12.6. The van der Waals surface area contributed by atoms with E-state index >= 15 is 0 Å². The molecule has 206 valence electrons. The zero-order valence-corrected chi connectivity index (χ0v) is 22.8. The molecule has 2 aromatic carbocycles. The summed E-state index contributed by atoms with van der Waals surface area (Å²) in [4.78, 5) is 34.3. The van der Waals surface area contributed by atoms with Gasteiger partial charge in [0.1, 0.15) is 23.3 Å². The second-order valence-electron chi connectivity index (χ2n) is 9.72. The van der Waals surface area contributed by atoms with Crippen LogP contribution in [-0.2, 0) is 4.79 Å². The van der Waals surface area contributed by atoms with E-state index in [0.29, 0.717) is 78.5 Å². The van der Waals surface area contributed by atoms with Crippen molar-refractivity contribution in [2.75, 3.05) is 36.8 Å². The maximum absolute atomic E-state index is 15.0. The number of carbonyl (C=O) groups excluding carboxylic acids is 1. The van der Waals surface area contributed by atoms with Gasteiger partial charge in [0.15, 0.2) is 0 Å². The Labute approximate surface area is 232 Å². The summed E-state index contributed by atoms with van der Waals surface area (Å²) >= 11 is 8.06. The number of thioether (sulfide) groups is 1. The van der Waals surface area contributed by atoms with Crippen LogP contribution in [0.15, 0.2) is 40.5 Å². The highest BCUT2D eigenvalue weighted by molar-refractivity contribution is 7.99. The molecule has 3 heterocycles. The van der Waals surface area contributed by atoms with E-state index in [1.165, 1.54) is 17.8 Å². The van der Waals surface area contributed by atoms with Crippen LogP contribution in [0.2, 0.25) is 5.02 Å². The summed E-state index contributed by atoms with van der Waals surface area (Å²) < 4.78 is 45.3. The maximum Gasteiger partial charge on any atom is 0.350 e. The Bertz CT molecular complexity index is 1530. The van der Waals surface area contributed by atoms with Gasteiger partial charge in [-0.3, -0.25) is 9.36 Å². The molecule has 2 aliphatic rings. The fourth-order valence-corrected chi connectivity index (χ4v) is 7.19. The molecular formula is C27H27ClF3N5O2S. The molecular weight excluding hydrogens is 551 g/mol. The first-order chi connectivity index (χ1) is 18.7. The summed E-state index contributed by atoms with van der Waals surface area (Å²) in [5, 5.41) is 0.609. The number of carbonyl (C=O) groups is 1. The molecule has 2 atom stereocenters. The smallest absolute Gasteiger partial charge is 0.350 e. The molecule has 1 saturated heterocycles. The molecule has 0 spiro atoms. The Morgan fingerprint density at radius 2 is 1.95 bits per heavy atom. The highest BCUT2D eigenvalue weighted by atomic mass is 35.5. The van der Waals surface area contributed by atoms with Gasteiger partial charge in [-0.15, -0.1) is 11.8 Å². The molecule has 5 rings (SSSR count). The predicted molar refractivity (Wildman–Crippen MR) is 148 cm³/mol. The predicted octanol–water partition coefficient (Wildman–Crippen LogP) is 4.74. The van der Waals surface area contributed by atoms with Gasteiger partial charge in [-0.1, -0.05) is 18.2 Å². The lowest BCUT2D eigenvalue weighted by molar-refractivity contribution is -0.126. The van der Waals surface area contributed by atoms with Crippen molar-refractivity contribution in [2.24, 2.45) is 5.73 Å². The highest BCUT2D eigenvalue weighted by Crippen LogP contribution is 2.49. The van der Waals surface area contributed by atoms with Gasteiger partial charge >= 0.3 is 5.69 Å². The second kappa shape index (κ2) is 10.9. The molecule has 2 N–H and O–H groups in total. The van der Waals surface area contributed by atoms with Crippen LogP contribution in [-0.4, -0.2) is 58.3 Å². The molecule has 0 unspecified atom stereocenters. The van der Waals surface area contributed by atoms with Crippen LogP contribution in [0.4, 0.5) is 19.0 Å². The van der Waals surface area contributed by atoms with Crippen LogP contribution in [0.3, 0.4) is 0 Å². The van der Waals surface area contributed by atoms with E-state index in [1.54, 1.807) is 15.5 Å². The lowest BCUT2D eigenvalue weighted by atomic mass is 10.0. The molecule has 2 aliphatic heterocycles. The summed E-state index contributed by atoms with van der Waals surface area (Å²) in [6, 6.07) is 2.36. The van der Waals surface area contributed by atoms with Gasteiger partial charge in [-0.05, 0) is 38.5 Å². The molecule has 1 aromatic heterocycles. The molecule has 3 aromatic rings. The van der Waals surface area contributed by atoms with Gasteiger partial charge in [-0.2, -0.15) is 4.98 Å². The Kier molecular flexibility index (Phi) is 7.67. The minimum atomic E-state index is -1.09. The molecule has 0 bridgehead atoms. The van der Waals surface area contributed by atoms with Crippen LogP contribution in [0.1, 0.15) is 25.8 Å². The highest BCUT2D eigenvalue weighted by Gasteiger charge is 2.34. The van der Waals surface area contributed by atoms with Gasteiger partial charge in [0, 0.05) is 65.4 Å². The molecule has 1 amide bonds. The van der Waals surface area contributed by atoms with E-state index in [1.807, 2.05) is 11.8 Å². The first kappa shape index (κ1) is 27.5. The number of rotatable bonds is 6. The number of piperazine rings is 1. The molecule has 0 saturated carbocycles. The standard InChI is InChI=1S/C27H27ClF3N5O2S/c1-3-21(37)34-7-8-35(14(2)12-34)26-17-11-18(28)22(23-19(30)9-15(29)10-20(23)31)25-24(17)36(27(38)33-26)16(13-39-25)5-4-6-32/h3,9-11,14,16H,1,4-8,12-13,32H2,2H3/t14-,16-/m0/s1.